The summed E-state index contributed by atoms with van der Waals surface area (Å²) in [5.41, 5.74) is 2.60. The van der Waals surface area contributed by atoms with Gasteiger partial charge in [-0.05, 0) is 51.2 Å². The van der Waals surface area contributed by atoms with Gasteiger partial charge in [0, 0.05) is 24.9 Å². The molecule has 0 radical (unpaired) electrons. The molecule has 1 N–H and O–H groups in total. The van der Waals surface area contributed by atoms with E-state index in [1.807, 2.05) is 7.05 Å². The molecular weight excluding hydrogens is 270 g/mol. The van der Waals surface area contributed by atoms with Crippen LogP contribution in [0.2, 0.25) is 0 Å². The number of hydrogen-bond donors (Lipinski definition) is 1. The van der Waals surface area contributed by atoms with Gasteiger partial charge in [-0.1, -0.05) is 0 Å². The highest BCUT2D eigenvalue weighted by Gasteiger charge is 2.39. The van der Waals surface area contributed by atoms with E-state index in [9.17, 15) is 0 Å². The summed E-state index contributed by atoms with van der Waals surface area (Å²) in [6.07, 6.45) is 6.87. The lowest BCUT2D eigenvalue weighted by atomic mass is 9.85. The molecule has 20 heavy (non-hydrogen) atoms. The standard InChI is InChI=1S/C15H25N3OS/c1-12-13(10-16-2)11-18(17-12)14-3-6-19-15(9-14)4-7-20-8-5-15/h11,14,16H,3-10H2,1-2H3. The van der Waals surface area contributed by atoms with Crippen molar-refractivity contribution in [3.05, 3.63) is 17.5 Å². The van der Waals surface area contributed by atoms with Crippen molar-refractivity contribution in [1.82, 2.24) is 15.1 Å². The van der Waals surface area contributed by atoms with E-state index < -0.39 is 0 Å². The molecule has 0 aromatic carbocycles. The summed E-state index contributed by atoms with van der Waals surface area (Å²) in [4.78, 5) is 0. The van der Waals surface area contributed by atoms with Gasteiger partial charge in [0.05, 0.1) is 17.3 Å². The van der Waals surface area contributed by atoms with E-state index in [4.69, 9.17) is 9.84 Å². The van der Waals surface area contributed by atoms with Crippen LogP contribution in [0.5, 0.6) is 0 Å². The Balaban J connectivity index is 1.74. The summed E-state index contributed by atoms with van der Waals surface area (Å²) >= 11 is 2.06. The average Bonchev–Trinajstić information content (AvgIpc) is 2.82. The number of hydrogen-bond acceptors (Lipinski definition) is 4. The van der Waals surface area contributed by atoms with Gasteiger partial charge in [0.25, 0.3) is 0 Å². The van der Waals surface area contributed by atoms with E-state index in [2.05, 4.69) is 34.9 Å². The zero-order chi connectivity index (χ0) is 14.0. The molecule has 2 saturated heterocycles. The normalized spacial score (nSPS) is 26.0. The third kappa shape index (κ3) is 2.90. The second-order valence-electron chi connectivity index (χ2n) is 6.04. The van der Waals surface area contributed by atoms with Crippen molar-refractivity contribution in [3.63, 3.8) is 0 Å². The van der Waals surface area contributed by atoms with Crippen LogP contribution in [0, 0.1) is 6.92 Å². The van der Waals surface area contributed by atoms with Crippen LogP contribution in [0.1, 0.15) is 43.0 Å². The minimum Gasteiger partial charge on any atom is -0.375 e. The minimum atomic E-state index is 0.136. The van der Waals surface area contributed by atoms with E-state index in [0.29, 0.717) is 6.04 Å². The summed E-state index contributed by atoms with van der Waals surface area (Å²) in [6.45, 7) is 3.89. The van der Waals surface area contributed by atoms with E-state index in [1.165, 1.54) is 29.9 Å². The van der Waals surface area contributed by atoms with Crippen LogP contribution in [0.15, 0.2) is 6.20 Å². The Morgan fingerprint density at radius 1 is 1.50 bits per heavy atom. The SMILES string of the molecule is CNCc1cn(C2CCOC3(CCSCC3)C2)nc1C. The number of ether oxygens (including phenoxy) is 1. The third-order valence-corrected chi connectivity index (χ3v) is 5.62. The lowest BCUT2D eigenvalue weighted by Crippen LogP contribution is -2.43. The van der Waals surface area contributed by atoms with E-state index >= 15 is 0 Å². The lowest BCUT2D eigenvalue weighted by Gasteiger charge is -2.43. The smallest absolute Gasteiger partial charge is 0.0718 e. The molecule has 5 heteroatoms. The fraction of sp³-hybridized carbons (Fsp3) is 0.800. The molecule has 3 heterocycles. The first-order valence-electron chi connectivity index (χ1n) is 7.63. The molecule has 4 nitrogen and oxygen atoms in total. The molecule has 3 rings (SSSR count). The molecule has 0 saturated carbocycles. The molecule has 2 aliphatic rings. The van der Waals surface area contributed by atoms with Crippen molar-refractivity contribution < 1.29 is 4.74 Å². The van der Waals surface area contributed by atoms with Gasteiger partial charge in [-0.2, -0.15) is 16.9 Å². The second-order valence-corrected chi connectivity index (χ2v) is 7.27. The highest BCUT2D eigenvalue weighted by atomic mass is 32.2. The van der Waals surface area contributed by atoms with E-state index in [1.54, 1.807) is 0 Å². The summed E-state index contributed by atoms with van der Waals surface area (Å²) < 4.78 is 8.38. The first kappa shape index (κ1) is 14.4. The third-order valence-electron chi connectivity index (χ3n) is 4.63. The monoisotopic (exact) mass is 295 g/mol. The van der Waals surface area contributed by atoms with Crippen LogP contribution in [0.4, 0.5) is 0 Å². The first-order chi connectivity index (χ1) is 9.72. The van der Waals surface area contributed by atoms with Crippen LogP contribution >= 0.6 is 11.8 Å². The lowest BCUT2D eigenvalue weighted by molar-refractivity contribution is -0.100. The molecule has 0 aliphatic carbocycles. The molecule has 1 atom stereocenters. The molecule has 1 unspecified atom stereocenters. The fourth-order valence-electron chi connectivity index (χ4n) is 3.39. The Hall–Kier alpha value is -0.520. The molecule has 1 spiro atoms. The van der Waals surface area contributed by atoms with Gasteiger partial charge >= 0.3 is 0 Å². The van der Waals surface area contributed by atoms with Crippen LogP contribution < -0.4 is 5.32 Å². The number of aromatic nitrogens is 2. The predicted molar refractivity (Wildman–Crippen MR) is 83.2 cm³/mol. The van der Waals surface area contributed by atoms with Crippen molar-refractivity contribution in [2.75, 3.05) is 25.2 Å². The van der Waals surface area contributed by atoms with Gasteiger partial charge in [-0.25, -0.2) is 0 Å². The van der Waals surface area contributed by atoms with Crippen molar-refractivity contribution in [1.29, 1.82) is 0 Å². The Labute approximate surface area is 125 Å². The van der Waals surface area contributed by atoms with Gasteiger partial charge in [-0.3, -0.25) is 4.68 Å². The maximum atomic E-state index is 6.18. The number of aryl methyl sites for hydroxylation is 1. The van der Waals surface area contributed by atoms with Crippen LogP contribution in [0.25, 0.3) is 0 Å². The number of rotatable bonds is 3. The Morgan fingerprint density at radius 3 is 3.05 bits per heavy atom. The molecule has 0 amide bonds. The van der Waals surface area contributed by atoms with Crippen molar-refractivity contribution in [2.45, 2.75) is 50.8 Å². The molecule has 0 bridgehead atoms. The van der Waals surface area contributed by atoms with E-state index in [0.717, 1.165) is 31.7 Å². The van der Waals surface area contributed by atoms with Gasteiger partial charge < -0.3 is 10.1 Å². The highest BCUT2D eigenvalue weighted by Crippen LogP contribution is 2.41. The van der Waals surface area contributed by atoms with Crippen LogP contribution in [-0.4, -0.2) is 40.5 Å². The van der Waals surface area contributed by atoms with Crippen LogP contribution in [0.3, 0.4) is 0 Å². The molecule has 112 valence electrons. The van der Waals surface area contributed by atoms with Crippen molar-refractivity contribution in [3.8, 4) is 0 Å². The number of thioether (sulfide) groups is 1. The van der Waals surface area contributed by atoms with Gasteiger partial charge in [0.15, 0.2) is 0 Å². The Morgan fingerprint density at radius 2 is 2.30 bits per heavy atom. The molecule has 1 aromatic rings. The highest BCUT2D eigenvalue weighted by molar-refractivity contribution is 7.99. The van der Waals surface area contributed by atoms with Gasteiger partial charge in [0.1, 0.15) is 0 Å². The van der Waals surface area contributed by atoms with Crippen molar-refractivity contribution >= 4 is 11.8 Å². The molecule has 2 fully saturated rings. The minimum absolute atomic E-state index is 0.136. The molecule has 1 aromatic heterocycles. The maximum absolute atomic E-state index is 6.18. The average molecular weight is 295 g/mol. The maximum Gasteiger partial charge on any atom is 0.0718 e. The Kier molecular flexibility index (Phi) is 4.38. The fourth-order valence-corrected chi connectivity index (χ4v) is 4.63. The quantitative estimate of drug-likeness (QED) is 0.930. The second kappa shape index (κ2) is 6.08. The first-order valence-corrected chi connectivity index (χ1v) is 8.79. The summed E-state index contributed by atoms with van der Waals surface area (Å²) in [5.74, 6) is 2.49. The van der Waals surface area contributed by atoms with Gasteiger partial charge in [-0.15, -0.1) is 0 Å². The summed E-state index contributed by atoms with van der Waals surface area (Å²) in [6, 6.07) is 0.510. The van der Waals surface area contributed by atoms with Crippen LogP contribution in [-0.2, 0) is 11.3 Å². The predicted octanol–water partition coefficient (Wildman–Crippen LogP) is 2.53. The largest absolute Gasteiger partial charge is 0.375 e. The molecule has 2 aliphatic heterocycles. The summed E-state index contributed by atoms with van der Waals surface area (Å²) in [5, 5.41) is 7.96. The zero-order valence-corrected chi connectivity index (χ0v) is 13.3. The number of nitrogens with zero attached hydrogens (tertiary/aromatic N) is 2. The zero-order valence-electron chi connectivity index (χ0n) is 12.5. The number of nitrogens with one attached hydrogen (secondary N) is 1. The van der Waals surface area contributed by atoms with Gasteiger partial charge in [0.2, 0.25) is 0 Å². The topological polar surface area (TPSA) is 39.1 Å². The molecular formula is C15H25N3OS. The Bertz CT molecular complexity index is 448. The summed E-state index contributed by atoms with van der Waals surface area (Å²) in [7, 11) is 1.99. The van der Waals surface area contributed by atoms with E-state index in [-0.39, 0.29) is 5.60 Å². The van der Waals surface area contributed by atoms with Crippen molar-refractivity contribution in [2.24, 2.45) is 0 Å².